The lowest BCUT2D eigenvalue weighted by Crippen LogP contribution is -2.40. The van der Waals surface area contributed by atoms with Gasteiger partial charge in [0.15, 0.2) is 0 Å². The van der Waals surface area contributed by atoms with Crippen molar-refractivity contribution in [1.82, 2.24) is 9.88 Å². The minimum Gasteiger partial charge on any atom is -0.360 e. The standard InChI is InChI=1S/C29H36ClN3O.C2H6/c1-5-6-25(30)27-19(2)23(18-31-27)21-8-12-32(13-9-21)11-7-20-15-22-10-14-33-26(34)17-29(3,4)24(16-20)28(22)33;1-2/h6,8,15-16,18,31H,5,7,9-14,17H2,1-4H3;1-2H3/b25-6+;. The van der Waals surface area contributed by atoms with Crippen LogP contribution in [0.3, 0.4) is 0 Å². The zero-order valence-electron chi connectivity index (χ0n) is 22.9. The van der Waals surface area contributed by atoms with Gasteiger partial charge in [-0.1, -0.05) is 70.5 Å². The molecule has 5 rings (SSSR count). The number of amides is 1. The number of allylic oxidation sites excluding steroid dienone is 1. The molecule has 0 unspecified atom stereocenters. The van der Waals surface area contributed by atoms with Gasteiger partial charge in [-0.2, -0.15) is 0 Å². The Morgan fingerprint density at radius 2 is 1.97 bits per heavy atom. The number of nitrogens with zero attached hydrogens (tertiary/aromatic N) is 2. The number of aromatic amines is 1. The Balaban J connectivity index is 0.00000148. The lowest BCUT2D eigenvalue weighted by molar-refractivity contribution is -0.120. The number of halogens is 1. The van der Waals surface area contributed by atoms with Gasteiger partial charge in [-0.15, -0.1) is 0 Å². The van der Waals surface area contributed by atoms with Gasteiger partial charge in [0.2, 0.25) is 5.91 Å². The smallest absolute Gasteiger partial charge is 0.227 e. The number of hydrogen-bond donors (Lipinski definition) is 1. The number of carbonyl (C=O) groups excluding carboxylic acids is 1. The molecular weight excluding hydrogens is 466 g/mol. The molecule has 36 heavy (non-hydrogen) atoms. The highest BCUT2D eigenvalue weighted by Gasteiger charge is 2.40. The van der Waals surface area contributed by atoms with E-state index in [0.29, 0.717) is 6.42 Å². The number of rotatable bonds is 6. The number of anilines is 1. The maximum Gasteiger partial charge on any atom is 0.227 e. The summed E-state index contributed by atoms with van der Waals surface area (Å²) in [6.45, 7) is 16.7. The third kappa shape index (κ3) is 5.08. The molecule has 1 N–H and O–H groups in total. The molecule has 2 aromatic rings. The van der Waals surface area contributed by atoms with Gasteiger partial charge in [0.25, 0.3) is 0 Å². The van der Waals surface area contributed by atoms with Crippen molar-refractivity contribution < 1.29 is 4.79 Å². The van der Waals surface area contributed by atoms with E-state index in [1.807, 2.05) is 18.7 Å². The number of carbonyl (C=O) groups is 1. The van der Waals surface area contributed by atoms with Crippen LogP contribution in [0.2, 0.25) is 0 Å². The molecule has 0 saturated carbocycles. The molecule has 5 heteroatoms. The second-order valence-electron chi connectivity index (χ2n) is 10.7. The zero-order valence-corrected chi connectivity index (χ0v) is 23.7. The van der Waals surface area contributed by atoms with Crippen molar-refractivity contribution in [2.45, 2.75) is 79.1 Å². The molecule has 1 aromatic heterocycles. The van der Waals surface area contributed by atoms with E-state index in [1.54, 1.807) is 0 Å². The van der Waals surface area contributed by atoms with E-state index >= 15 is 0 Å². The average Bonchev–Trinajstić information content (AvgIpc) is 3.47. The van der Waals surface area contributed by atoms with E-state index < -0.39 is 0 Å². The number of benzene rings is 1. The Hall–Kier alpha value is -2.30. The summed E-state index contributed by atoms with van der Waals surface area (Å²) in [5.41, 5.74) is 10.3. The molecule has 0 bridgehead atoms. The first-order valence-electron chi connectivity index (χ1n) is 13.7. The molecule has 194 valence electrons. The van der Waals surface area contributed by atoms with E-state index in [0.717, 1.165) is 62.6 Å². The SMILES string of the molecule is CC.CC/C=C(/Cl)c1[nH]cc(C2=CCN(CCc3cc4c5c(c3)C(C)(C)CC(=O)N5CC4)CC2)c1C. The summed E-state index contributed by atoms with van der Waals surface area (Å²) in [6, 6.07) is 4.74. The van der Waals surface area contributed by atoms with Crippen LogP contribution in [-0.2, 0) is 23.1 Å². The highest BCUT2D eigenvalue weighted by atomic mass is 35.5. The predicted molar refractivity (Wildman–Crippen MR) is 154 cm³/mol. The first-order valence-corrected chi connectivity index (χ1v) is 14.1. The molecule has 3 aliphatic heterocycles. The van der Waals surface area contributed by atoms with Crippen LogP contribution in [0.25, 0.3) is 10.6 Å². The fraction of sp³-hybridized carbons (Fsp3) is 0.516. The van der Waals surface area contributed by atoms with Gasteiger partial charge in [0.05, 0.1) is 16.4 Å². The molecule has 4 nitrogen and oxygen atoms in total. The Morgan fingerprint density at radius 3 is 2.67 bits per heavy atom. The Kier molecular flexibility index (Phi) is 8.16. The van der Waals surface area contributed by atoms with Crippen molar-refractivity contribution in [3.05, 3.63) is 64.0 Å². The van der Waals surface area contributed by atoms with E-state index in [-0.39, 0.29) is 11.3 Å². The average molecular weight is 508 g/mol. The monoisotopic (exact) mass is 507 g/mol. The van der Waals surface area contributed by atoms with E-state index in [2.05, 4.69) is 68.1 Å². The van der Waals surface area contributed by atoms with Crippen LogP contribution in [-0.4, -0.2) is 42.0 Å². The van der Waals surface area contributed by atoms with Crippen molar-refractivity contribution in [2.24, 2.45) is 0 Å². The van der Waals surface area contributed by atoms with Crippen LogP contribution < -0.4 is 4.90 Å². The number of hydrogen-bond acceptors (Lipinski definition) is 2. The van der Waals surface area contributed by atoms with E-state index in [1.165, 1.54) is 39.1 Å². The second-order valence-corrected chi connectivity index (χ2v) is 11.1. The van der Waals surface area contributed by atoms with Crippen LogP contribution in [0.1, 0.15) is 87.4 Å². The lowest BCUT2D eigenvalue weighted by atomic mass is 9.76. The molecule has 1 aromatic carbocycles. The van der Waals surface area contributed by atoms with Gasteiger partial charge >= 0.3 is 0 Å². The summed E-state index contributed by atoms with van der Waals surface area (Å²) in [7, 11) is 0. The summed E-state index contributed by atoms with van der Waals surface area (Å²) in [5, 5.41) is 0.813. The molecule has 0 spiro atoms. The lowest BCUT2D eigenvalue weighted by Gasteiger charge is -2.37. The van der Waals surface area contributed by atoms with E-state index in [9.17, 15) is 4.79 Å². The highest BCUT2D eigenvalue weighted by molar-refractivity contribution is 6.48. The van der Waals surface area contributed by atoms with Crippen LogP contribution in [0.4, 0.5) is 5.69 Å². The third-order valence-corrected chi connectivity index (χ3v) is 8.21. The fourth-order valence-corrected chi connectivity index (χ4v) is 6.25. The van der Waals surface area contributed by atoms with Crippen LogP contribution in [0.5, 0.6) is 0 Å². The molecule has 0 fully saturated rings. The maximum absolute atomic E-state index is 12.6. The minimum absolute atomic E-state index is 0.0801. The predicted octanol–water partition coefficient (Wildman–Crippen LogP) is 7.24. The molecule has 0 aliphatic carbocycles. The van der Waals surface area contributed by atoms with Crippen LogP contribution in [0, 0.1) is 6.92 Å². The largest absolute Gasteiger partial charge is 0.360 e. The summed E-state index contributed by atoms with van der Waals surface area (Å²) >= 11 is 6.46. The number of H-pyrrole nitrogens is 1. The van der Waals surface area contributed by atoms with Gasteiger partial charge in [-0.25, -0.2) is 0 Å². The fourth-order valence-electron chi connectivity index (χ4n) is 5.90. The summed E-state index contributed by atoms with van der Waals surface area (Å²) in [4.78, 5) is 20.5. The topological polar surface area (TPSA) is 39.3 Å². The van der Waals surface area contributed by atoms with Crippen LogP contribution in [0.15, 0.2) is 30.5 Å². The van der Waals surface area contributed by atoms with Gasteiger partial charge in [-0.3, -0.25) is 9.69 Å². The van der Waals surface area contributed by atoms with Crippen LogP contribution >= 0.6 is 11.6 Å². The normalized spacial score (nSPS) is 19.1. The molecular formula is C31H42ClN3O. The zero-order chi connectivity index (χ0) is 26.0. The number of aromatic nitrogens is 1. The van der Waals surface area contributed by atoms with Gasteiger partial charge in [0.1, 0.15) is 0 Å². The molecule has 3 aliphatic rings. The second kappa shape index (κ2) is 11.0. The third-order valence-electron chi connectivity index (χ3n) is 7.86. The summed E-state index contributed by atoms with van der Waals surface area (Å²) < 4.78 is 0. The molecule has 1 amide bonds. The quantitative estimate of drug-likeness (QED) is 0.447. The van der Waals surface area contributed by atoms with Crippen molar-refractivity contribution in [3.63, 3.8) is 0 Å². The van der Waals surface area contributed by atoms with Crippen molar-refractivity contribution in [2.75, 3.05) is 31.1 Å². The first-order chi connectivity index (χ1) is 17.3. The van der Waals surface area contributed by atoms with Crippen molar-refractivity contribution in [3.8, 4) is 0 Å². The van der Waals surface area contributed by atoms with Crippen molar-refractivity contribution >= 4 is 33.8 Å². The summed E-state index contributed by atoms with van der Waals surface area (Å²) in [5.74, 6) is 0.286. The van der Waals surface area contributed by atoms with Gasteiger partial charge < -0.3 is 9.88 Å². The Bertz CT molecular complexity index is 1190. The van der Waals surface area contributed by atoms with Gasteiger partial charge in [0, 0.05) is 44.2 Å². The van der Waals surface area contributed by atoms with E-state index in [4.69, 9.17) is 11.6 Å². The van der Waals surface area contributed by atoms with Crippen molar-refractivity contribution in [1.29, 1.82) is 0 Å². The molecule has 0 radical (unpaired) electrons. The first kappa shape index (κ1) is 26.8. The van der Waals surface area contributed by atoms with Gasteiger partial charge in [-0.05, 0) is 66.0 Å². The Labute approximate surface area is 222 Å². The minimum atomic E-state index is -0.0801. The molecule has 4 heterocycles. The summed E-state index contributed by atoms with van der Waals surface area (Å²) in [6.07, 6.45) is 11.2. The highest BCUT2D eigenvalue weighted by Crippen LogP contribution is 2.45. The maximum atomic E-state index is 12.6. The Morgan fingerprint density at radius 1 is 1.19 bits per heavy atom. The molecule has 0 saturated heterocycles. The molecule has 0 atom stereocenters. The number of nitrogens with one attached hydrogen (secondary N) is 1.